The van der Waals surface area contributed by atoms with Crippen LogP contribution in [0.2, 0.25) is 0 Å². The molecule has 0 radical (unpaired) electrons. The lowest BCUT2D eigenvalue weighted by atomic mass is 10.00. The van der Waals surface area contributed by atoms with Crippen LogP contribution >= 0.6 is 12.2 Å². The van der Waals surface area contributed by atoms with E-state index in [9.17, 15) is 4.79 Å². The van der Waals surface area contributed by atoms with Gasteiger partial charge in [-0.25, -0.2) is 4.79 Å². The van der Waals surface area contributed by atoms with Gasteiger partial charge in [-0.05, 0) is 85.7 Å². The van der Waals surface area contributed by atoms with Crippen LogP contribution in [-0.4, -0.2) is 27.7 Å². The van der Waals surface area contributed by atoms with E-state index in [1.165, 1.54) is 7.11 Å². The first-order valence-corrected chi connectivity index (χ1v) is 11.8. The van der Waals surface area contributed by atoms with Gasteiger partial charge in [0.1, 0.15) is 6.04 Å². The highest BCUT2D eigenvalue weighted by atomic mass is 32.1. The number of ether oxygens (including phenoxy) is 1. The summed E-state index contributed by atoms with van der Waals surface area (Å²) in [6.45, 7) is 4.17. The van der Waals surface area contributed by atoms with Crippen LogP contribution in [0, 0.1) is 13.8 Å². The summed E-state index contributed by atoms with van der Waals surface area (Å²) < 4.78 is 7.10. The first-order valence-electron chi connectivity index (χ1n) is 11.4. The monoisotopic (exact) mass is 482 g/mol. The van der Waals surface area contributed by atoms with Crippen molar-refractivity contribution < 1.29 is 9.53 Å². The number of anilines is 1. The van der Waals surface area contributed by atoms with E-state index in [1.807, 2.05) is 53.2 Å². The fraction of sp³-hybridized carbons (Fsp3) is 0.179. The topological polar surface area (TPSA) is 59.4 Å². The Morgan fingerprint density at radius 2 is 1.74 bits per heavy atom. The molecule has 2 aromatic heterocycles. The maximum atomic E-state index is 12.6. The number of esters is 1. The number of para-hydroxylation sites is 1. The van der Waals surface area contributed by atoms with Gasteiger partial charge in [0.05, 0.1) is 30.1 Å². The molecular weight excluding hydrogens is 456 g/mol. The van der Waals surface area contributed by atoms with Crippen molar-refractivity contribution in [2.24, 2.45) is 0 Å². The number of hydrogen-bond acceptors (Lipinski definition) is 4. The van der Waals surface area contributed by atoms with Crippen molar-refractivity contribution in [2.75, 3.05) is 12.0 Å². The van der Waals surface area contributed by atoms with Gasteiger partial charge in [-0.15, -0.1) is 0 Å². The number of aromatic nitrogens is 2. The van der Waals surface area contributed by atoms with Gasteiger partial charge >= 0.3 is 5.97 Å². The van der Waals surface area contributed by atoms with Crippen LogP contribution in [0.25, 0.3) is 5.69 Å². The van der Waals surface area contributed by atoms with E-state index < -0.39 is 0 Å². The highest BCUT2D eigenvalue weighted by Crippen LogP contribution is 2.42. The van der Waals surface area contributed by atoms with Gasteiger partial charge in [-0.3, -0.25) is 4.98 Å². The molecule has 0 saturated carbocycles. The molecule has 0 amide bonds. The summed E-state index contributed by atoms with van der Waals surface area (Å²) in [5, 5.41) is 4.14. The molecule has 1 aliphatic heterocycles. The molecule has 176 valence electrons. The van der Waals surface area contributed by atoms with Crippen molar-refractivity contribution in [3.8, 4) is 5.69 Å². The zero-order valence-electron chi connectivity index (χ0n) is 19.8. The number of thiocarbonyl (C=S) groups is 1. The molecule has 35 heavy (non-hydrogen) atoms. The number of pyridine rings is 1. The quantitative estimate of drug-likeness (QED) is 0.301. The first kappa shape index (κ1) is 22.8. The lowest BCUT2D eigenvalue weighted by Gasteiger charge is -2.29. The molecule has 5 rings (SSSR count). The molecule has 1 fully saturated rings. The fourth-order valence-corrected chi connectivity index (χ4v) is 5.19. The predicted octanol–water partition coefficient (Wildman–Crippen LogP) is 5.45. The van der Waals surface area contributed by atoms with E-state index in [2.05, 4.69) is 53.3 Å². The lowest BCUT2D eigenvalue weighted by Crippen LogP contribution is -2.30. The third kappa shape index (κ3) is 4.19. The molecular formula is C28H26N4O2S. The summed E-state index contributed by atoms with van der Waals surface area (Å²) in [7, 11) is 1.40. The number of nitrogens with one attached hydrogen (secondary N) is 1. The second-order valence-electron chi connectivity index (χ2n) is 8.65. The van der Waals surface area contributed by atoms with Crippen LogP contribution in [0.3, 0.4) is 0 Å². The normalized spacial score (nSPS) is 17.3. The molecule has 6 nitrogen and oxygen atoms in total. The summed E-state index contributed by atoms with van der Waals surface area (Å²) in [6.07, 6.45) is 3.76. The Bertz CT molecular complexity index is 1380. The second-order valence-corrected chi connectivity index (χ2v) is 9.04. The van der Waals surface area contributed by atoms with Crippen molar-refractivity contribution >= 4 is 29.0 Å². The molecule has 2 aromatic carbocycles. The van der Waals surface area contributed by atoms with Gasteiger partial charge in [0.15, 0.2) is 5.11 Å². The molecule has 1 N–H and O–H groups in total. The average molecular weight is 483 g/mol. The van der Waals surface area contributed by atoms with Crippen LogP contribution in [0.4, 0.5) is 5.69 Å². The smallest absolute Gasteiger partial charge is 0.339 e. The lowest BCUT2D eigenvalue weighted by molar-refractivity contribution is 0.0600. The summed E-state index contributed by atoms with van der Waals surface area (Å²) in [4.78, 5) is 19.4. The third-order valence-electron chi connectivity index (χ3n) is 6.23. The van der Waals surface area contributed by atoms with E-state index in [4.69, 9.17) is 17.0 Å². The molecule has 0 aliphatic carbocycles. The Morgan fingerprint density at radius 3 is 2.46 bits per heavy atom. The van der Waals surface area contributed by atoms with Crippen LogP contribution in [0.15, 0.2) is 85.2 Å². The van der Waals surface area contributed by atoms with E-state index >= 15 is 0 Å². The van der Waals surface area contributed by atoms with Gasteiger partial charge in [0, 0.05) is 23.8 Å². The van der Waals surface area contributed by atoms with Gasteiger partial charge in [0.2, 0.25) is 0 Å². The van der Waals surface area contributed by atoms with Gasteiger partial charge in [-0.2, -0.15) is 0 Å². The van der Waals surface area contributed by atoms with Crippen molar-refractivity contribution in [3.05, 3.63) is 113 Å². The molecule has 0 unspecified atom stereocenters. The number of nitrogens with zero attached hydrogens (tertiary/aromatic N) is 3. The first-order chi connectivity index (χ1) is 17.0. The summed E-state index contributed by atoms with van der Waals surface area (Å²) >= 11 is 5.89. The van der Waals surface area contributed by atoms with Crippen molar-refractivity contribution in [3.63, 3.8) is 0 Å². The fourth-order valence-electron chi connectivity index (χ4n) is 4.84. The predicted molar refractivity (Wildman–Crippen MR) is 141 cm³/mol. The number of methoxy groups -OCH3 is 1. The zero-order valence-corrected chi connectivity index (χ0v) is 20.6. The largest absolute Gasteiger partial charge is 0.465 e. The number of carbonyl (C=O) groups is 1. The highest BCUT2D eigenvalue weighted by Gasteiger charge is 2.42. The SMILES string of the molecule is COC(=O)c1ccccc1-n1cccc1[C@@H]1[C@@H](c2ccccn2)NC(=S)N1c1cc(C)cc(C)c1. The maximum absolute atomic E-state index is 12.6. The second kappa shape index (κ2) is 9.35. The van der Waals surface area contributed by atoms with E-state index in [-0.39, 0.29) is 18.1 Å². The van der Waals surface area contributed by atoms with Crippen LogP contribution in [0.1, 0.15) is 45.0 Å². The molecule has 1 saturated heterocycles. The number of aryl methyl sites for hydroxylation is 2. The minimum atomic E-state index is -0.382. The van der Waals surface area contributed by atoms with Crippen LogP contribution in [-0.2, 0) is 4.74 Å². The van der Waals surface area contributed by atoms with Crippen LogP contribution < -0.4 is 10.2 Å². The number of hydrogen-bond donors (Lipinski definition) is 1. The minimum absolute atomic E-state index is 0.191. The zero-order chi connectivity index (χ0) is 24.5. The van der Waals surface area contributed by atoms with Crippen LogP contribution in [0.5, 0.6) is 0 Å². The molecule has 2 atom stereocenters. The molecule has 0 bridgehead atoms. The summed E-state index contributed by atoms with van der Waals surface area (Å²) in [6, 6.07) is 23.4. The number of benzene rings is 2. The van der Waals surface area contributed by atoms with Gasteiger partial charge < -0.3 is 19.5 Å². The van der Waals surface area contributed by atoms with Gasteiger partial charge in [-0.1, -0.05) is 24.3 Å². The van der Waals surface area contributed by atoms with E-state index in [0.717, 1.165) is 33.9 Å². The molecule has 7 heteroatoms. The molecule has 3 heterocycles. The van der Waals surface area contributed by atoms with Gasteiger partial charge in [0.25, 0.3) is 0 Å². The minimum Gasteiger partial charge on any atom is -0.465 e. The van der Waals surface area contributed by atoms with Crippen molar-refractivity contribution in [2.45, 2.75) is 25.9 Å². The Balaban J connectivity index is 1.71. The van der Waals surface area contributed by atoms with E-state index in [0.29, 0.717) is 10.7 Å². The summed E-state index contributed by atoms with van der Waals surface area (Å²) in [5.41, 5.74) is 6.44. The Morgan fingerprint density at radius 1 is 1.00 bits per heavy atom. The Labute approximate surface area is 210 Å². The van der Waals surface area contributed by atoms with Crippen molar-refractivity contribution in [1.82, 2.24) is 14.9 Å². The Hall–Kier alpha value is -3.97. The average Bonchev–Trinajstić information content (AvgIpc) is 3.47. The molecule has 0 spiro atoms. The summed E-state index contributed by atoms with van der Waals surface area (Å²) in [5.74, 6) is -0.382. The number of rotatable bonds is 5. The van der Waals surface area contributed by atoms with E-state index in [1.54, 1.807) is 12.3 Å². The number of carbonyl (C=O) groups excluding carboxylic acids is 1. The standard InChI is InChI=1S/C28H26N4O2S/c1-18-15-19(2)17-20(16-18)32-26(25(30-28(32)35)22-10-6-7-13-29-22)24-12-8-14-31(24)23-11-5-4-9-21(23)27(33)34-3/h4-17,25-26H,1-3H3,(H,30,35)/t25-,26-/m1/s1. The molecule has 4 aromatic rings. The third-order valence-corrected chi connectivity index (χ3v) is 6.55. The molecule has 1 aliphatic rings. The van der Waals surface area contributed by atoms with Crippen molar-refractivity contribution in [1.29, 1.82) is 0 Å². The maximum Gasteiger partial charge on any atom is 0.339 e. The Kier molecular flexibility index (Phi) is 6.09. The highest BCUT2D eigenvalue weighted by molar-refractivity contribution is 7.80.